The van der Waals surface area contributed by atoms with E-state index in [4.69, 9.17) is 9.47 Å². The first-order valence-electron chi connectivity index (χ1n) is 11.8. The van der Waals surface area contributed by atoms with E-state index in [0.29, 0.717) is 23.7 Å². The zero-order valence-corrected chi connectivity index (χ0v) is 21.7. The number of methoxy groups -OCH3 is 2. The van der Waals surface area contributed by atoms with Crippen LogP contribution in [0.4, 0.5) is 5.82 Å². The molecule has 1 N–H and O–H groups in total. The van der Waals surface area contributed by atoms with Gasteiger partial charge in [-0.3, -0.25) is 4.79 Å². The lowest BCUT2D eigenvalue weighted by atomic mass is 10.0. The van der Waals surface area contributed by atoms with E-state index >= 15 is 0 Å². The minimum Gasteiger partial charge on any atom is -0.493 e. The molecule has 2 heterocycles. The highest BCUT2D eigenvalue weighted by Crippen LogP contribution is 2.37. The Balaban J connectivity index is 1.55. The molecular weight excluding hydrogens is 458 g/mol. The van der Waals surface area contributed by atoms with Crippen molar-refractivity contribution in [2.45, 2.75) is 46.1 Å². The number of ether oxygens (including phenoxy) is 2. The van der Waals surface area contributed by atoms with Crippen molar-refractivity contribution in [2.75, 3.05) is 19.5 Å². The number of aryl methyl sites for hydroxylation is 1. The molecule has 0 saturated carbocycles. The zero-order chi connectivity index (χ0) is 24.9. The largest absolute Gasteiger partial charge is 0.493 e. The van der Waals surface area contributed by atoms with Gasteiger partial charge in [-0.05, 0) is 44.0 Å². The van der Waals surface area contributed by atoms with Crippen molar-refractivity contribution in [3.63, 3.8) is 0 Å². The molecule has 0 aliphatic carbocycles. The predicted molar refractivity (Wildman–Crippen MR) is 143 cm³/mol. The van der Waals surface area contributed by atoms with Crippen LogP contribution in [0.2, 0.25) is 0 Å². The number of unbranched alkanes of at least 4 members (excludes halogenated alkanes) is 1. The molecule has 0 fully saturated rings. The molecule has 4 rings (SSSR count). The van der Waals surface area contributed by atoms with E-state index in [9.17, 15) is 4.79 Å². The quantitative estimate of drug-likeness (QED) is 0.237. The van der Waals surface area contributed by atoms with Gasteiger partial charge in [0.05, 0.1) is 25.8 Å². The van der Waals surface area contributed by atoms with Gasteiger partial charge in [-0.2, -0.15) is 0 Å². The average molecular weight is 490 g/mol. The monoisotopic (exact) mass is 489 g/mol. The Labute approximate surface area is 210 Å². The second-order valence-electron chi connectivity index (χ2n) is 8.52. The van der Waals surface area contributed by atoms with Crippen LogP contribution in [0.15, 0.2) is 48.5 Å². The molecular formula is C28H31N3O3S. The van der Waals surface area contributed by atoms with Crippen molar-refractivity contribution >= 4 is 33.8 Å². The molecule has 2 aromatic carbocycles. The van der Waals surface area contributed by atoms with E-state index in [-0.39, 0.29) is 11.8 Å². The molecule has 0 unspecified atom stereocenters. The third-order valence-corrected chi connectivity index (χ3v) is 7.29. The Bertz CT molecular complexity index is 1330. The molecule has 35 heavy (non-hydrogen) atoms. The Morgan fingerprint density at radius 3 is 2.43 bits per heavy atom. The molecule has 0 aliphatic heterocycles. The maximum Gasteiger partial charge on any atom is 0.162 e. The van der Waals surface area contributed by atoms with Gasteiger partial charge in [0.2, 0.25) is 0 Å². The molecule has 0 aliphatic rings. The van der Waals surface area contributed by atoms with Crippen LogP contribution in [-0.2, 0) is 0 Å². The second-order valence-corrected chi connectivity index (χ2v) is 9.63. The van der Waals surface area contributed by atoms with Gasteiger partial charge < -0.3 is 14.8 Å². The number of hydrogen-bond donors (Lipinski definition) is 1. The molecule has 0 radical (unpaired) electrons. The summed E-state index contributed by atoms with van der Waals surface area (Å²) in [5.41, 5.74) is 2.69. The fourth-order valence-corrected chi connectivity index (χ4v) is 5.02. The maximum atomic E-state index is 12.3. The van der Waals surface area contributed by atoms with Crippen molar-refractivity contribution in [1.29, 1.82) is 0 Å². The first-order valence-corrected chi connectivity index (χ1v) is 12.7. The summed E-state index contributed by atoms with van der Waals surface area (Å²) < 4.78 is 10.9. The molecule has 1 atom stereocenters. The van der Waals surface area contributed by atoms with Crippen LogP contribution in [0.25, 0.3) is 21.3 Å². The van der Waals surface area contributed by atoms with E-state index in [1.54, 1.807) is 25.6 Å². The maximum absolute atomic E-state index is 12.3. The van der Waals surface area contributed by atoms with Crippen molar-refractivity contribution in [2.24, 2.45) is 0 Å². The van der Waals surface area contributed by atoms with Crippen LogP contribution in [-0.4, -0.2) is 30.0 Å². The minimum atomic E-state index is 0.0363. The van der Waals surface area contributed by atoms with Gasteiger partial charge in [0.1, 0.15) is 11.6 Å². The lowest BCUT2D eigenvalue weighted by Crippen LogP contribution is -2.08. The van der Waals surface area contributed by atoms with Crippen LogP contribution in [0.1, 0.15) is 60.2 Å². The fraction of sp³-hybridized carbons (Fsp3) is 0.321. The Morgan fingerprint density at radius 1 is 1.03 bits per heavy atom. The number of carbonyl (C=O) groups excluding carboxylic acids is 1. The summed E-state index contributed by atoms with van der Waals surface area (Å²) in [6.07, 6.45) is 2.57. The van der Waals surface area contributed by atoms with Gasteiger partial charge >= 0.3 is 0 Å². The van der Waals surface area contributed by atoms with Crippen LogP contribution in [0.3, 0.4) is 0 Å². The standard InChI is InChI=1S/C28H31N3O3S/c1-6-7-8-23(32)19-9-11-20(12-10-19)27-14-13-26(35-27)17(2)29-28-21-15-24(33-4)25(34-5)16-22(21)30-18(3)31-28/h9-17H,6-8H2,1-5H3,(H,29,30,31)/t17-/m0/s1. The highest BCUT2D eigenvalue weighted by Gasteiger charge is 2.16. The van der Waals surface area contributed by atoms with Gasteiger partial charge in [-0.15, -0.1) is 11.3 Å². The van der Waals surface area contributed by atoms with Gasteiger partial charge in [-0.1, -0.05) is 37.6 Å². The van der Waals surface area contributed by atoms with Crippen molar-refractivity contribution < 1.29 is 14.3 Å². The highest BCUT2D eigenvalue weighted by molar-refractivity contribution is 7.15. The number of thiophene rings is 1. The number of anilines is 1. The van der Waals surface area contributed by atoms with E-state index in [2.05, 4.69) is 41.3 Å². The lowest BCUT2D eigenvalue weighted by molar-refractivity contribution is 0.0980. The van der Waals surface area contributed by atoms with Gasteiger partial charge in [-0.25, -0.2) is 9.97 Å². The number of Topliss-reactive ketones (excluding diaryl/α,β-unsaturated/α-hetero) is 1. The van der Waals surface area contributed by atoms with E-state index in [0.717, 1.165) is 45.6 Å². The number of fused-ring (bicyclic) bond motifs is 1. The second kappa shape index (κ2) is 10.9. The Kier molecular flexibility index (Phi) is 7.66. The summed E-state index contributed by atoms with van der Waals surface area (Å²) in [5, 5.41) is 4.43. The smallest absolute Gasteiger partial charge is 0.162 e. The normalized spacial score (nSPS) is 11.9. The minimum absolute atomic E-state index is 0.0363. The number of benzene rings is 2. The van der Waals surface area contributed by atoms with E-state index in [1.165, 1.54) is 4.88 Å². The molecule has 7 heteroatoms. The van der Waals surface area contributed by atoms with Gasteiger partial charge in [0.15, 0.2) is 17.3 Å². The number of ketones is 1. The SMILES string of the molecule is CCCCC(=O)c1ccc(-c2ccc([C@H](C)Nc3nc(C)nc4cc(OC)c(OC)cc34)s2)cc1. The van der Waals surface area contributed by atoms with Crippen LogP contribution < -0.4 is 14.8 Å². The van der Waals surface area contributed by atoms with Gasteiger partial charge in [0.25, 0.3) is 0 Å². The molecule has 2 aromatic heterocycles. The molecule has 182 valence electrons. The third-order valence-electron chi connectivity index (χ3n) is 5.97. The highest BCUT2D eigenvalue weighted by atomic mass is 32.1. The third kappa shape index (κ3) is 5.46. The summed E-state index contributed by atoms with van der Waals surface area (Å²) >= 11 is 1.73. The number of rotatable bonds is 10. The molecule has 6 nitrogen and oxygen atoms in total. The first-order chi connectivity index (χ1) is 16.9. The summed E-state index contributed by atoms with van der Waals surface area (Å²) in [6.45, 7) is 6.10. The van der Waals surface area contributed by atoms with Crippen LogP contribution in [0, 0.1) is 6.92 Å². The zero-order valence-electron chi connectivity index (χ0n) is 20.8. The van der Waals surface area contributed by atoms with E-state index in [1.807, 2.05) is 43.3 Å². The molecule has 0 saturated heterocycles. The topological polar surface area (TPSA) is 73.3 Å². The van der Waals surface area contributed by atoms with Crippen molar-refractivity contribution in [3.8, 4) is 21.9 Å². The number of carbonyl (C=O) groups is 1. The van der Waals surface area contributed by atoms with Gasteiger partial charge in [0, 0.05) is 33.2 Å². The Hall–Kier alpha value is -3.45. The fourth-order valence-electron chi connectivity index (χ4n) is 4.00. The average Bonchev–Trinajstić information content (AvgIpc) is 3.37. The van der Waals surface area contributed by atoms with Crippen LogP contribution >= 0.6 is 11.3 Å². The first kappa shape index (κ1) is 24.7. The molecule has 0 bridgehead atoms. The number of nitrogens with zero attached hydrogens (tertiary/aromatic N) is 2. The summed E-state index contributed by atoms with van der Waals surface area (Å²) in [5.74, 6) is 2.92. The number of aromatic nitrogens is 2. The Morgan fingerprint density at radius 2 is 1.74 bits per heavy atom. The number of nitrogens with one attached hydrogen (secondary N) is 1. The summed E-state index contributed by atoms with van der Waals surface area (Å²) in [4.78, 5) is 23.9. The molecule has 0 spiro atoms. The summed E-state index contributed by atoms with van der Waals surface area (Å²) in [7, 11) is 3.24. The number of hydrogen-bond acceptors (Lipinski definition) is 7. The van der Waals surface area contributed by atoms with Crippen molar-refractivity contribution in [1.82, 2.24) is 9.97 Å². The molecule has 0 amide bonds. The van der Waals surface area contributed by atoms with Crippen molar-refractivity contribution in [3.05, 3.63) is 64.8 Å². The summed E-state index contributed by atoms with van der Waals surface area (Å²) in [6, 6.07) is 16.0. The van der Waals surface area contributed by atoms with E-state index < -0.39 is 0 Å². The predicted octanol–water partition coefficient (Wildman–Crippen LogP) is 7.23. The molecule has 4 aromatic rings. The van der Waals surface area contributed by atoms with Crippen LogP contribution in [0.5, 0.6) is 11.5 Å². The lowest BCUT2D eigenvalue weighted by Gasteiger charge is -2.16.